The molecule has 3 amide bonds. The average Bonchev–Trinajstić information content (AvgIpc) is 3.28. The third-order valence-corrected chi connectivity index (χ3v) is 5.79. The lowest BCUT2D eigenvalue weighted by atomic mass is 10.2. The van der Waals surface area contributed by atoms with Crippen molar-refractivity contribution in [3.05, 3.63) is 78.3 Å². The summed E-state index contributed by atoms with van der Waals surface area (Å²) in [4.78, 5) is 25.2. The van der Waals surface area contributed by atoms with E-state index in [0.717, 1.165) is 0 Å². The van der Waals surface area contributed by atoms with Crippen LogP contribution < -0.4 is 14.8 Å². The highest BCUT2D eigenvalue weighted by molar-refractivity contribution is 7.87. The Morgan fingerprint density at radius 2 is 1.73 bits per heavy atom. The van der Waals surface area contributed by atoms with Gasteiger partial charge in [-0.2, -0.15) is 8.42 Å². The topological polar surface area (TPSA) is 118 Å². The van der Waals surface area contributed by atoms with Crippen molar-refractivity contribution in [2.24, 2.45) is 0 Å². The van der Waals surface area contributed by atoms with Gasteiger partial charge in [0.2, 0.25) is 5.91 Å². The van der Waals surface area contributed by atoms with Crippen molar-refractivity contribution in [1.82, 2.24) is 10.2 Å². The number of anilines is 1. The van der Waals surface area contributed by atoms with E-state index in [0.29, 0.717) is 23.6 Å². The summed E-state index contributed by atoms with van der Waals surface area (Å²) < 4.78 is 36.5. The van der Waals surface area contributed by atoms with Crippen LogP contribution >= 0.6 is 0 Å². The molecule has 3 aromatic rings. The van der Waals surface area contributed by atoms with Gasteiger partial charge in [-0.25, -0.2) is 4.79 Å². The molecule has 0 radical (unpaired) electrons. The molecule has 0 aliphatic rings. The van der Waals surface area contributed by atoms with Crippen LogP contribution in [0.2, 0.25) is 0 Å². The second-order valence-corrected chi connectivity index (χ2v) is 8.67. The normalized spacial score (nSPS) is 11.0. The molecule has 0 saturated carbocycles. The third-order valence-electron chi connectivity index (χ3n) is 4.54. The lowest BCUT2D eigenvalue weighted by Gasteiger charge is -2.23. The molecule has 0 atom stereocenters. The number of rotatable bonds is 9. The summed E-state index contributed by atoms with van der Waals surface area (Å²) in [6.07, 6.45) is 1.52. The number of carbonyl (C=O) groups is 2. The maximum atomic E-state index is 12.8. The van der Waals surface area contributed by atoms with E-state index in [1.807, 2.05) is 6.92 Å². The van der Waals surface area contributed by atoms with Gasteiger partial charge in [0, 0.05) is 24.7 Å². The number of urea groups is 1. The molecular weight excluding hydrogens is 446 g/mol. The number of nitrogens with one attached hydrogen (secondary N) is 2. The summed E-state index contributed by atoms with van der Waals surface area (Å²) in [5.74, 6) is 0.436. The summed E-state index contributed by atoms with van der Waals surface area (Å²) in [6.45, 7) is 3.91. The number of hydrogen-bond donors (Lipinski definition) is 2. The van der Waals surface area contributed by atoms with Gasteiger partial charge in [-0.15, -0.1) is 0 Å². The van der Waals surface area contributed by atoms with Gasteiger partial charge >= 0.3 is 16.1 Å². The van der Waals surface area contributed by atoms with Crippen molar-refractivity contribution < 1.29 is 26.6 Å². The second kappa shape index (κ2) is 10.7. The summed E-state index contributed by atoms with van der Waals surface area (Å²) >= 11 is 0. The van der Waals surface area contributed by atoms with E-state index < -0.39 is 10.1 Å². The minimum absolute atomic E-state index is 0.0671. The van der Waals surface area contributed by atoms with E-state index in [-0.39, 0.29) is 35.7 Å². The second-order valence-electron chi connectivity index (χ2n) is 7.12. The van der Waals surface area contributed by atoms with Crippen LogP contribution in [0.1, 0.15) is 25.2 Å². The zero-order valence-corrected chi connectivity index (χ0v) is 19.1. The summed E-state index contributed by atoms with van der Waals surface area (Å²) in [7, 11) is -4.15. The van der Waals surface area contributed by atoms with E-state index in [1.165, 1.54) is 48.4 Å². The van der Waals surface area contributed by atoms with Crippen molar-refractivity contribution in [1.29, 1.82) is 0 Å². The van der Waals surface area contributed by atoms with Gasteiger partial charge in [-0.3, -0.25) is 4.79 Å². The smallest absolute Gasteiger partial charge is 0.339 e. The molecule has 2 N–H and O–H groups in total. The molecule has 0 unspecified atom stereocenters. The molecule has 174 valence electrons. The Balaban J connectivity index is 1.82. The van der Waals surface area contributed by atoms with Crippen molar-refractivity contribution in [2.45, 2.75) is 31.8 Å². The fourth-order valence-electron chi connectivity index (χ4n) is 3.05. The van der Waals surface area contributed by atoms with Crippen LogP contribution in [0.3, 0.4) is 0 Å². The predicted octanol–water partition coefficient (Wildman–Crippen LogP) is 3.74. The van der Waals surface area contributed by atoms with Crippen LogP contribution in [-0.2, 0) is 28.0 Å². The molecule has 2 aromatic carbocycles. The molecule has 1 aromatic heterocycles. The molecule has 0 aliphatic carbocycles. The number of amides is 3. The maximum absolute atomic E-state index is 12.8. The number of hydrogen-bond acceptors (Lipinski definition) is 6. The largest absolute Gasteiger partial charge is 0.467 e. The zero-order valence-electron chi connectivity index (χ0n) is 18.3. The molecule has 1 heterocycles. The first-order valence-electron chi connectivity index (χ1n) is 10.2. The Morgan fingerprint density at radius 1 is 1.00 bits per heavy atom. The standard InChI is InChI=1S/C23H25N3O6S/c1-3-24-23(28)26(16-20-8-6-14-31-20)15-18-7-4-5-9-22(18)32-33(29,30)21-12-10-19(11-13-21)25-17(2)27/h4-14H,3,15-16H2,1-2H3,(H,24,28)(H,25,27). The average molecular weight is 472 g/mol. The van der Waals surface area contributed by atoms with E-state index in [1.54, 1.807) is 30.3 Å². The van der Waals surface area contributed by atoms with Crippen LogP contribution in [0, 0.1) is 0 Å². The number of furan rings is 1. The highest BCUT2D eigenvalue weighted by atomic mass is 32.2. The SMILES string of the molecule is CCNC(=O)N(Cc1ccco1)Cc1ccccc1OS(=O)(=O)c1ccc(NC(C)=O)cc1. The Morgan fingerprint density at radius 3 is 2.36 bits per heavy atom. The molecular formula is C23H25N3O6S. The van der Waals surface area contributed by atoms with Gasteiger partial charge in [0.1, 0.15) is 16.4 Å². The number of carbonyl (C=O) groups excluding carboxylic acids is 2. The summed E-state index contributed by atoms with van der Waals surface area (Å²) in [5, 5.41) is 5.32. The van der Waals surface area contributed by atoms with E-state index >= 15 is 0 Å². The minimum Gasteiger partial charge on any atom is -0.467 e. The molecule has 0 spiro atoms. The third kappa shape index (κ3) is 6.59. The fraction of sp³-hybridized carbons (Fsp3) is 0.217. The molecule has 9 nitrogen and oxygen atoms in total. The monoisotopic (exact) mass is 471 g/mol. The van der Waals surface area contributed by atoms with Gasteiger partial charge in [-0.1, -0.05) is 18.2 Å². The van der Waals surface area contributed by atoms with Crippen molar-refractivity contribution in [3.8, 4) is 5.75 Å². The van der Waals surface area contributed by atoms with Crippen molar-refractivity contribution >= 4 is 27.7 Å². The zero-order chi connectivity index (χ0) is 23.8. The molecule has 0 bridgehead atoms. The lowest BCUT2D eigenvalue weighted by Crippen LogP contribution is -2.39. The van der Waals surface area contributed by atoms with Crippen LogP contribution in [0.4, 0.5) is 10.5 Å². The van der Waals surface area contributed by atoms with Crippen LogP contribution in [0.15, 0.2) is 76.2 Å². The highest BCUT2D eigenvalue weighted by Crippen LogP contribution is 2.25. The molecule has 10 heteroatoms. The Hall–Kier alpha value is -3.79. The first-order valence-corrected chi connectivity index (χ1v) is 11.6. The molecule has 3 rings (SSSR count). The first-order chi connectivity index (χ1) is 15.8. The quantitative estimate of drug-likeness (QED) is 0.459. The Kier molecular flexibility index (Phi) is 7.73. The summed E-state index contributed by atoms with van der Waals surface area (Å²) in [6, 6.07) is 15.4. The summed E-state index contributed by atoms with van der Waals surface area (Å²) in [5.41, 5.74) is 0.978. The van der Waals surface area contributed by atoms with Gasteiger partial charge in [0.25, 0.3) is 0 Å². The molecule has 33 heavy (non-hydrogen) atoms. The Bertz CT molecular complexity index is 1190. The van der Waals surface area contributed by atoms with Crippen molar-refractivity contribution in [3.63, 3.8) is 0 Å². The number of para-hydroxylation sites is 1. The van der Waals surface area contributed by atoms with Gasteiger partial charge in [0.05, 0.1) is 19.4 Å². The van der Waals surface area contributed by atoms with Crippen LogP contribution in [0.25, 0.3) is 0 Å². The van der Waals surface area contributed by atoms with Crippen molar-refractivity contribution in [2.75, 3.05) is 11.9 Å². The lowest BCUT2D eigenvalue weighted by molar-refractivity contribution is -0.114. The molecule has 0 aliphatic heterocycles. The van der Waals surface area contributed by atoms with E-state index in [4.69, 9.17) is 8.60 Å². The van der Waals surface area contributed by atoms with E-state index in [2.05, 4.69) is 10.6 Å². The van der Waals surface area contributed by atoms with E-state index in [9.17, 15) is 18.0 Å². The van der Waals surface area contributed by atoms with Gasteiger partial charge in [0.15, 0.2) is 0 Å². The van der Waals surface area contributed by atoms with Crippen LogP contribution in [-0.4, -0.2) is 31.8 Å². The number of nitrogens with zero attached hydrogens (tertiary/aromatic N) is 1. The maximum Gasteiger partial charge on any atom is 0.339 e. The van der Waals surface area contributed by atoms with Gasteiger partial charge < -0.3 is 24.1 Å². The predicted molar refractivity (Wildman–Crippen MR) is 122 cm³/mol. The molecule has 0 saturated heterocycles. The Labute approximate surface area is 192 Å². The molecule has 0 fully saturated rings. The minimum atomic E-state index is -4.15. The number of benzene rings is 2. The fourth-order valence-corrected chi connectivity index (χ4v) is 4.01. The van der Waals surface area contributed by atoms with Gasteiger partial charge in [-0.05, 0) is 49.4 Å². The van der Waals surface area contributed by atoms with Crippen LogP contribution in [0.5, 0.6) is 5.75 Å². The first kappa shape index (κ1) is 23.9. The highest BCUT2D eigenvalue weighted by Gasteiger charge is 2.21.